The van der Waals surface area contributed by atoms with Gasteiger partial charge in [-0.2, -0.15) is 0 Å². The number of para-hydroxylation sites is 1. The minimum Gasteiger partial charge on any atom is -0.453 e. The molecule has 1 aromatic rings. The lowest BCUT2D eigenvalue weighted by Crippen LogP contribution is -2.46. The van der Waals surface area contributed by atoms with E-state index in [9.17, 15) is 4.79 Å². The lowest BCUT2D eigenvalue weighted by Gasteiger charge is -2.36. The molecule has 0 radical (unpaired) electrons. The molecular weight excluding hydrogens is 316 g/mol. The van der Waals surface area contributed by atoms with Gasteiger partial charge in [-0.25, -0.2) is 4.79 Å². The van der Waals surface area contributed by atoms with E-state index in [1.54, 1.807) is 4.90 Å². The van der Waals surface area contributed by atoms with Crippen LogP contribution in [0, 0.1) is 0 Å². The first kappa shape index (κ1) is 18.0. The Morgan fingerprint density at radius 3 is 2.68 bits per heavy atom. The molecule has 138 valence electrons. The lowest BCUT2D eigenvalue weighted by atomic mass is 10.1. The highest BCUT2D eigenvalue weighted by molar-refractivity contribution is 5.67. The van der Waals surface area contributed by atoms with Gasteiger partial charge in [0.15, 0.2) is 0 Å². The highest BCUT2D eigenvalue weighted by atomic mass is 16.5. The fourth-order valence-electron chi connectivity index (χ4n) is 3.75. The van der Waals surface area contributed by atoms with Crippen molar-refractivity contribution in [1.29, 1.82) is 0 Å². The maximum atomic E-state index is 11.6. The second-order valence-corrected chi connectivity index (χ2v) is 6.83. The van der Waals surface area contributed by atoms with E-state index in [1.165, 1.54) is 18.4 Å². The van der Waals surface area contributed by atoms with Crippen LogP contribution >= 0.6 is 0 Å². The van der Waals surface area contributed by atoms with Gasteiger partial charge in [0.25, 0.3) is 0 Å². The maximum Gasteiger partial charge on any atom is 0.409 e. The number of hydrogen-bond acceptors (Lipinski definition) is 5. The van der Waals surface area contributed by atoms with Crippen molar-refractivity contribution in [3.8, 4) is 0 Å². The van der Waals surface area contributed by atoms with E-state index in [0.717, 1.165) is 58.8 Å². The van der Waals surface area contributed by atoms with E-state index < -0.39 is 0 Å². The van der Waals surface area contributed by atoms with Crippen molar-refractivity contribution in [2.45, 2.75) is 25.9 Å². The number of nitrogens with one attached hydrogen (secondary N) is 1. The highest BCUT2D eigenvalue weighted by Crippen LogP contribution is 2.22. The smallest absolute Gasteiger partial charge is 0.409 e. The first-order valence-electron chi connectivity index (χ1n) is 9.32. The molecule has 2 aliphatic rings. The first-order valence-corrected chi connectivity index (χ1v) is 9.32. The molecule has 2 fully saturated rings. The summed E-state index contributed by atoms with van der Waals surface area (Å²) in [5.74, 6) is 0. The van der Waals surface area contributed by atoms with Gasteiger partial charge >= 0.3 is 6.09 Å². The molecule has 0 aliphatic carbocycles. The second-order valence-electron chi connectivity index (χ2n) is 6.83. The Morgan fingerprint density at radius 1 is 1.20 bits per heavy atom. The third-order valence-corrected chi connectivity index (χ3v) is 5.35. The van der Waals surface area contributed by atoms with Crippen molar-refractivity contribution in [3.05, 3.63) is 29.8 Å². The van der Waals surface area contributed by atoms with Crippen LogP contribution in [0.25, 0.3) is 0 Å². The zero-order valence-electron chi connectivity index (χ0n) is 15.4. The Bertz CT molecular complexity index is 572. The number of amides is 1. The zero-order valence-corrected chi connectivity index (χ0v) is 15.4. The Kier molecular flexibility index (Phi) is 6.15. The molecule has 0 saturated carbocycles. The van der Waals surface area contributed by atoms with Crippen LogP contribution < -0.4 is 10.2 Å². The summed E-state index contributed by atoms with van der Waals surface area (Å²) in [6.45, 7) is 10.1. The number of likely N-dealkylation sites (tertiary alicyclic amines) is 1. The minimum atomic E-state index is -0.224. The minimum absolute atomic E-state index is 0.224. The van der Waals surface area contributed by atoms with Gasteiger partial charge in [0, 0.05) is 57.5 Å². The molecule has 1 amide bonds. The Hall–Kier alpha value is -1.79. The van der Waals surface area contributed by atoms with Gasteiger partial charge in [0.2, 0.25) is 0 Å². The van der Waals surface area contributed by atoms with Crippen LogP contribution in [-0.4, -0.2) is 74.9 Å². The molecule has 1 aromatic carbocycles. The van der Waals surface area contributed by atoms with Gasteiger partial charge in [-0.05, 0) is 24.6 Å². The van der Waals surface area contributed by atoms with Crippen molar-refractivity contribution in [1.82, 2.24) is 15.1 Å². The number of hydrogen-bond donors (Lipinski definition) is 1. The van der Waals surface area contributed by atoms with Gasteiger partial charge < -0.3 is 24.8 Å². The predicted octanol–water partition coefficient (Wildman–Crippen LogP) is 1.76. The largest absolute Gasteiger partial charge is 0.453 e. The van der Waals surface area contributed by atoms with Gasteiger partial charge in [0.1, 0.15) is 0 Å². The summed E-state index contributed by atoms with van der Waals surface area (Å²) in [4.78, 5) is 18.4. The van der Waals surface area contributed by atoms with Crippen LogP contribution in [0.5, 0.6) is 0 Å². The predicted molar refractivity (Wildman–Crippen MR) is 100.0 cm³/mol. The molecule has 2 heterocycles. The fraction of sp³-hybridized carbons (Fsp3) is 0.632. The lowest BCUT2D eigenvalue weighted by molar-refractivity contribution is 0.132. The molecule has 25 heavy (non-hydrogen) atoms. The van der Waals surface area contributed by atoms with Crippen LogP contribution in [0.2, 0.25) is 0 Å². The van der Waals surface area contributed by atoms with Gasteiger partial charge in [0.05, 0.1) is 7.11 Å². The molecule has 0 aromatic heterocycles. The number of carbonyl (C=O) groups excluding carboxylic acids is 1. The van der Waals surface area contributed by atoms with Crippen molar-refractivity contribution in [2.24, 2.45) is 0 Å². The summed E-state index contributed by atoms with van der Waals surface area (Å²) in [6, 6.07) is 9.01. The quantitative estimate of drug-likeness (QED) is 0.880. The van der Waals surface area contributed by atoms with E-state index in [1.807, 2.05) is 0 Å². The van der Waals surface area contributed by atoms with Gasteiger partial charge in [-0.15, -0.1) is 0 Å². The number of piperazine rings is 1. The number of carbonyl (C=O) groups is 1. The average molecular weight is 346 g/mol. The Balaban J connectivity index is 1.56. The summed E-state index contributed by atoms with van der Waals surface area (Å²) in [7, 11) is 1.44. The molecular formula is C19H30N4O2. The van der Waals surface area contributed by atoms with Crippen LogP contribution in [0.15, 0.2) is 24.3 Å². The molecule has 0 spiro atoms. The average Bonchev–Trinajstić information content (AvgIpc) is 3.15. The monoisotopic (exact) mass is 346 g/mol. The number of ether oxygens (including phenoxy) is 1. The van der Waals surface area contributed by atoms with Crippen molar-refractivity contribution in [3.63, 3.8) is 0 Å². The van der Waals surface area contributed by atoms with Crippen LogP contribution in [0.4, 0.5) is 10.5 Å². The van der Waals surface area contributed by atoms with E-state index >= 15 is 0 Å². The molecule has 1 atom stereocenters. The second kappa shape index (κ2) is 8.54. The molecule has 0 bridgehead atoms. The molecule has 1 unspecified atom stereocenters. The highest BCUT2D eigenvalue weighted by Gasteiger charge is 2.26. The van der Waals surface area contributed by atoms with E-state index in [-0.39, 0.29) is 6.09 Å². The van der Waals surface area contributed by atoms with Gasteiger partial charge in [-0.3, -0.25) is 0 Å². The number of benzene rings is 1. The number of rotatable bonds is 5. The van der Waals surface area contributed by atoms with Crippen LogP contribution in [0.3, 0.4) is 0 Å². The summed E-state index contributed by atoms with van der Waals surface area (Å²) in [5.41, 5.74) is 2.68. The standard InChI is InChI=1S/C19H30N4O2/c1-3-21-10-12-22(13-11-21)18-7-5-4-6-16(18)14-20-17-8-9-23(15-17)19(24)25-2/h4-7,17,20H,3,8-15H2,1-2H3. The van der Waals surface area contributed by atoms with Gasteiger partial charge in [-0.1, -0.05) is 25.1 Å². The topological polar surface area (TPSA) is 48.0 Å². The molecule has 6 nitrogen and oxygen atoms in total. The van der Waals surface area contributed by atoms with Crippen molar-refractivity contribution >= 4 is 11.8 Å². The number of anilines is 1. The third-order valence-electron chi connectivity index (χ3n) is 5.35. The Morgan fingerprint density at radius 2 is 1.96 bits per heavy atom. The normalized spacial score (nSPS) is 21.6. The SMILES string of the molecule is CCN1CCN(c2ccccc2CNC2CCN(C(=O)OC)C2)CC1. The summed E-state index contributed by atoms with van der Waals surface area (Å²) in [5, 5.41) is 3.62. The molecule has 2 saturated heterocycles. The molecule has 6 heteroatoms. The number of methoxy groups -OCH3 is 1. The van der Waals surface area contributed by atoms with Crippen molar-refractivity contribution < 1.29 is 9.53 Å². The third kappa shape index (κ3) is 4.44. The maximum absolute atomic E-state index is 11.6. The first-order chi connectivity index (χ1) is 12.2. The van der Waals surface area contributed by atoms with Crippen molar-refractivity contribution in [2.75, 3.05) is 57.8 Å². The summed E-state index contributed by atoms with van der Waals surface area (Å²) < 4.78 is 4.81. The zero-order chi connectivity index (χ0) is 17.6. The van der Waals surface area contributed by atoms with E-state index in [4.69, 9.17) is 4.74 Å². The van der Waals surface area contributed by atoms with Crippen LogP contribution in [0.1, 0.15) is 18.9 Å². The Labute approximate surface area is 150 Å². The fourth-order valence-corrected chi connectivity index (χ4v) is 3.75. The van der Waals surface area contributed by atoms with Crippen LogP contribution in [-0.2, 0) is 11.3 Å². The molecule has 2 aliphatic heterocycles. The number of likely N-dealkylation sites (N-methyl/N-ethyl adjacent to an activating group) is 1. The van der Waals surface area contributed by atoms with E-state index in [0.29, 0.717) is 6.04 Å². The number of nitrogens with zero attached hydrogens (tertiary/aromatic N) is 3. The summed E-state index contributed by atoms with van der Waals surface area (Å²) in [6.07, 6.45) is 0.755. The molecule has 3 rings (SSSR count). The summed E-state index contributed by atoms with van der Waals surface area (Å²) >= 11 is 0. The van der Waals surface area contributed by atoms with E-state index in [2.05, 4.69) is 46.3 Å². The molecule has 1 N–H and O–H groups in total.